The molecule has 2 atom stereocenters. The molecule has 118 valence electrons. The largest absolute Gasteiger partial charge is 0.375 e. The number of ether oxygens (including phenoxy) is 1. The van der Waals surface area contributed by atoms with Gasteiger partial charge in [-0.2, -0.15) is 4.31 Å². The molecule has 6 nitrogen and oxygen atoms in total. The Morgan fingerprint density at radius 3 is 3.27 bits per heavy atom. The lowest BCUT2D eigenvalue weighted by Gasteiger charge is -2.40. The van der Waals surface area contributed by atoms with Crippen LogP contribution in [0.5, 0.6) is 0 Å². The van der Waals surface area contributed by atoms with Gasteiger partial charge in [0.1, 0.15) is 9.73 Å². The number of nitrogens with zero attached hydrogens (tertiary/aromatic N) is 2. The summed E-state index contributed by atoms with van der Waals surface area (Å²) in [5.74, 6) is 0. The van der Waals surface area contributed by atoms with Crippen molar-refractivity contribution in [3.63, 3.8) is 0 Å². The second-order valence-electron chi connectivity index (χ2n) is 5.61. The molecule has 0 aliphatic carbocycles. The van der Waals surface area contributed by atoms with Crippen LogP contribution in [0.3, 0.4) is 0 Å². The van der Waals surface area contributed by atoms with Crippen molar-refractivity contribution in [1.82, 2.24) is 14.6 Å². The minimum Gasteiger partial charge on any atom is -0.375 e. The number of aromatic nitrogens is 1. The Kier molecular flexibility index (Phi) is 3.66. The summed E-state index contributed by atoms with van der Waals surface area (Å²) in [7, 11) is -3.50. The Balaban J connectivity index is 1.62. The zero-order chi connectivity index (χ0) is 15.2. The van der Waals surface area contributed by atoms with Crippen LogP contribution in [0.4, 0.5) is 0 Å². The highest BCUT2D eigenvalue weighted by molar-refractivity contribution is 7.89. The number of hydrogen-bond donors (Lipinski definition) is 1. The lowest BCUT2D eigenvalue weighted by molar-refractivity contribution is -0.0302. The van der Waals surface area contributed by atoms with Crippen molar-refractivity contribution in [1.29, 1.82) is 0 Å². The maximum atomic E-state index is 12.8. The van der Waals surface area contributed by atoms with Gasteiger partial charge in [-0.3, -0.25) is 0 Å². The van der Waals surface area contributed by atoms with E-state index in [4.69, 9.17) is 4.74 Å². The first kappa shape index (κ1) is 14.5. The highest BCUT2D eigenvalue weighted by Crippen LogP contribution is 2.26. The monoisotopic (exact) mass is 339 g/mol. The zero-order valence-corrected chi connectivity index (χ0v) is 13.6. The van der Waals surface area contributed by atoms with Gasteiger partial charge in [0, 0.05) is 37.3 Å². The molecule has 0 amide bonds. The number of rotatable bonds is 2. The van der Waals surface area contributed by atoms with Crippen molar-refractivity contribution in [2.45, 2.75) is 23.5 Å². The molecule has 22 heavy (non-hydrogen) atoms. The quantitative estimate of drug-likeness (QED) is 0.885. The van der Waals surface area contributed by atoms with Crippen LogP contribution in [-0.4, -0.2) is 56.1 Å². The minimum atomic E-state index is -3.50. The highest BCUT2D eigenvalue weighted by atomic mass is 32.2. The number of thiophene rings is 1. The number of piperidine rings is 1. The minimum absolute atomic E-state index is 0.0788. The lowest BCUT2D eigenvalue weighted by atomic mass is 10.0. The average molecular weight is 339 g/mol. The summed E-state index contributed by atoms with van der Waals surface area (Å²) in [6.45, 7) is 2.42. The van der Waals surface area contributed by atoms with Gasteiger partial charge in [0.2, 0.25) is 10.0 Å². The van der Waals surface area contributed by atoms with E-state index in [0.29, 0.717) is 19.7 Å². The second kappa shape index (κ2) is 5.54. The van der Waals surface area contributed by atoms with Crippen LogP contribution in [0.25, 0.3) is 10.2 Å². The highest BCUT2D eigenvalue weighted by Gasteiger charge is 2.37. The van der Waals surface area contributed by atoms with Gasteiger partial charge < -0.3 is 10.1 Å². The molecule has 4 rings (SSSR count). The summed E-state index contributed by atoms with van der Waals surface area (Å²) in [6.07, 6.45) is 2.31. The number of nitrogens with one attached hydrogen (secondary N) is 1. The van der Waals surface area contributed by atoms with Gasteiger partial charge in [-0.25, -0.2) is 13.4 Å². The average Bonchev–Trinajstić information content (AvgIpc) is 3.02. The number of pyridine rings is 1. The fraction of sp³-hybridized carbons (Fsp3) is 0.500. The molecule has 0 aromatic carbocycles. The van der Waals surface area contributed by atoms with E-state index in [-0.39, 0.29) is 17.0 Å². The van der Waals surface area contributed by atoms with Gasteiger partial charge >= 0.3 is 0 Å². The van der Waals surface area contributed by atoms with E-state index in [0.717, 1.165) is 23.2 Å². The van der Waals surface area contributed by atoms with E-state index in [2.05, 4.69) is 10.3 Å². The van der Waals surface area contributed by atoms with E-state index in [1.807, 2.05) is 11.4 Å². The third-order valence-corrected chi connectivity index (χ3v) is 6.94. The van der Waals surface area contributed by atoms with Crippen LogP contribution in [0, 0.1) is 0 Å². The van der Waals surface area contributed by atoms with Crippen LogP contribution < -0.4 is 5.32 Å². The van der Waals surface area contributed by atoms with Crippen LogP contribution in [0.15, 0.2) is 28.6 Å². The standard InChI is InChI=1S/C14H17N3O3S2/c18-22(19,11-7-10-2-6-21-14(10)16-8-11)17-4-1-13-12(9-17)15-3-5-20-13/h2,6-8,12-13,15H,1,3-5,9H2/t12-,13+/m1/s1. The fourth-order valence-electron chi connectivity index (χ4n) is 3.10. The molecule has 0 saturated carbocycles. The molecule has 4 heterocycles. The smallest absolute Gasteiger partial charge is 0.244 e. The van der Waals surface area contributed by atoms with E-state index >= 15 is 0 Å². The Labute approximate surface area is 133 Å². The number of fused-ring (bicyclic) bond motifs is 2. The van der Waals surface area contributed by atoms with Crippen molar-refractivity contribution in [3.05, 3.63) is 23.7 Å². The van der Waals surface area contributed by atoms with Crippen molar-refractivity contribution < 1.29 is 13.2 Å². The van der Waals surface area contributed by atoms with Gasteiger partial charge in [-0.15, -0.1) is 11.3 Å². The lowest BCUT2D eigenvalue weighted by Crippen LogP contribution is -2.59. The Morgan fingerprint density at radius 1 is 1.45 bits per heavy atom. The van der Waals surface area contributed by atoms with Crippen molar-refractivity contribution in [3.8, 4) is 0 Å². The van der Waals surface area contributed by atoms with Crippen molar-refractivity contribution in [2.24, 2.45) is 0 Å². The number of sulfonamides is 1. The summed E-state index contributed by atoms with van der Waals surface area (Å²) in [5.41, 5.74) is 0. The Morgan fingerprint density at radius 2 is 2.36 bits per heavy atom. The molecule has 2 fully saturated rings. The molecular weight excluding hydrogens is 322 g/mol. The van der Waals surface area contributed by atoms with Gasteiger partial charge in [0.05, 0.1) is 12.7 Å². The normalized spacial score (nSPS) is 26.9. The number of morpholine rings is 1. The van der Waals surface area contributed by atoms with E-state index in [1.54, 1.807) is 10.4 Å². The molecular formula is C14H17N3O3S2. The van der Waals surface area contributed by atoms with Crippen molar-refractivity contribution in [2.75, 3.05) is 26.2 Å². The van der Waals surface area contributed by atoms with E-state index < -0.39 is 10.0 Å². The van der Waals surface area contributed by atoms with Crippen LogP contribution in [0.2, 0.25) is 0 Å². The third kappa shape index (κ3) is 2.44. The maximum Gasteiger partial charge on any atom is 0.244 e. The molecule has 0 spiro atoms. The zero-order valence-electron chi connectivity index (χ0n) is 11.9. The predicted octanol–water partition coefficient (Wildman–Crippen LogP) is 1.05. The molecule has 0 unspecified atom stereocenters. The first-order valence-electron chi connectivity index (χ1n) is 7.33. The van der Waals surface area contributed by atoms with Crippen molar-refractivity contribution >= 4 is 31.6 Å². The Bertz CT molecular complexity index is 789. The molecule has 0 bridgehead atoms. The molecule has 2 aromatic heterocycles. The van der Waals surface area contributed by atoms with Gasteiger partial charge in [-0.1, -0.05) is 0 Å². The first-order chi connectivity index (χ1) is 10.6. The molecule has 2 aromatic rings. The van der Waals surface area contributed by atoms with E-state index in [1.165, 1.54) is 17.5 Å². The maximum absolute atomic E-state index is 12.8. The fourth-order valence-corrected chi connectivity index (χ4v) is 5.28. The van der Waals surface area contributed by atoms with Crippen LogP contribution in [-0.2, 0) is 14.8 Å². The van der Waals surface area contributed by atoms with Gasteiger partial charge in [0.15, 0.2) is 0 Å². The number of hydrogen-bond acceptors (Lipinski definition) is 6. The van der Waals surface area contributed by atoms with Gasteiger partial charge in [0.25, 0.3) is 0 Å². The van der Waals surface area contributed by atoms with Crippen LogP contribution in [0.1, 0.15) is 6.42 Å². The molecule has 8 heteroatoms. The summed E-state index contributed by atoms with van der Waals surface area (Å²) < 4.78 is 32.9. The Hall–Kier alpha value is -1.06. The summed E-state index contributed by atoms with van der Waals surface area (Å²) in [5, 5.41) is 6.15. The predicted molar refractivity (Wildman–Crippen MR) is 84.5 cm³/mol. The van der Waals surface area contributed by atoms with Crippen LogP contribution >= 0.6 is 11.3 Å². The SMILES string of the molecule is O=S(=O)(c1cnc2sccc2c1)N1CC[C@@H]2OCCN[C@@H]2C1. The second-order valence-corrected chi connectivity index (χ2v) is 8.44. The topological polar surface area (TPSA) is 71.5 Å². The third-order valence-electron chi connectivity index (χ3n) is 4.27. The molecule has 2 aliphatic heterocycles. The summed E-state index contributed by atoms with van der Waals surface area (Å²) in [4.78, 5) is 5.39. The summed E-state index contributed by atoms with van der Waals surface area (Å²) in [6, 6.07) is 3.69. The molecule has 1 N–H and O–H groups in total. The molecule has 0 radical (unpaired) electrons. The molecule has 2 aliphatic rings. The van der Waals surface area contributed by atoms with Gasteiger partial charge in [-0.05, 0) is 23.9 Å². The van der Waals surface area contributed by atoms with E-state index in [9.17, 15) is 8.42 Å². The first-order valence-corrected chi connectivity index (χ1v) is 9.65. The summed E-state index contributed by atoms with van der Waals surface area (Å²) >= 11 is 1.51. The molecule has 2 saturated heterocycles.